The molecule has 1 atom stereocenters. The molecule has 2 aromatic rings. The lowest BCUT2D eigenvalue weighted by molar-refractivity contribution is 0.442. The van der Waals surface area contributed by atoms with Crippen LogP contribution in [0.15, 0.2) is 54.6 Å². The molecule has 1 fully saturated rings. The van der Waals surface area contributed by atoms with Gasteiger partial charge < -0.3 is 5.32 Å². The third-order valence-electron chi connectivity index (χ3n) is 5.02. The Labute approximate surface area is 128 Å². The number of nitrogens with one attached hydrogen (secondary N) is 1. The zero-order chi connectivity index (χ0) is 14.7. The van der Waals surface area contributed by atoms with Gasteiger partial charge in [-0.25, -0.2) is 0 Å². The summed E-state index contributed by atoms with van der Waals surface area (Å²) < 4.78 is 0. The van der Waals surface area contributed by atoms with Gasteiger partial charge in [0.15, 0.2) is 0 Å². The number of benzene rings is 2. The lowest BCUT2D eigenvalue weighted by atomic mass is 9.84. The SMILES string of the molecule is CCc1ccc(CC(NC)C2(c3ccccc3)CC2)cc1. The van der Waals surface area contributed by atoms with Crippen molar-refractivity contribution in [2.24, 2.45) is 0 Å². The zero-order valence-electron chi connectivity index (χ0n) is 13.1. The molecule has 21 heavy (non-hydrogen) atoms. The van der Waals surface area contributed by atoms with Crippen LogP contribution in [0, 0.1) is 0 Å². The van der Waals surface area contributed by atoms with Gasteiger partial charge in [-0.2, -0.15) is 0 Å². The van der Waals surface area contributed by atoms with Crippen LogP contribution in [-0.4, -0.2) is 13.1 Å². The summed E-state index contributed by atoms with van der Waals surface area (Å²) in [6.07, 6.45) is 4.82. The normalized spacial score (nSPS) is 17.4. The highest BCUT2D eigenvalue weighted by molar-refractivity contribution is 5.35. The Kier molecular flexibility index (Phi) is 4.12. The van der Waals surface area contributed by atoms with Crippen LogP contribution < -0.4 is 5.32 Å². The molecule has 0 heterocycles. The van der Waals surface area contributed by atoms with Crippen LogP contribution in [0.25, 0.3) is 0 Å². The molecule has 1 heteroatoms. The summed E-state index contributed by atoms with van der Waals surface area (Å²) in [5.41, 5.74) is 4.70. The lowest BCUT2D eigenvalue weighted by Gasteiger charge is -2.27. The van der Waals surface area contributed by atoms with Crippen LogP contribution >= 0.6 is 0 Å². The second-order valence-corrected chi connectivity index (χ2v) is 6.24. The maximum Gasteiger partial charge on any atom is 0.0201 e. The second kappa shape index (κ2) is 6.03. The molecule has 0 aromatic heterocycles. The van der Waals surface area contributed by atoms with Crippen LogP contribution in [0.2, 0.25) is 0 Å². The Morgan fingerprint density at radius 1 is 0.952 bits per heavy atom. The van der Waals surface area contributed by atoms with Gasteiger partial charge in [-0.1, -0.05) is 61.5 Å². The fourth-order valence-electron chi connectivity index (χ4n) is 3.46. The maximum atomic E-state index is 3.58. The van der Waals surface area contributed by atoms with Crippen molar-refractivity contribution in [1.29, 1.82) is 0 Å². The molecular weight excluding hydrogens is 254 g/mol. The molecule has 0 spiro atoms. The van der Waals surface area contributed by atoms with Crippen molar-refractivity contribution in [3.05, 3.63) is 71.3 Å². The summed E-state index contributed by atoms with van der Waals surface area (Å²) in [7, 11) is 2.11. The first kappa shape index (κ1) is 14.3. The molecule has 1 aliphatic carbocycles. The summed E-state index contributed by atoms with van der Waals surface area (Å²) in [5, 5.41) is 3.58. The van der Waals surface area contributed by atoms with E-state index in [0.29, 0.717) is 11.5 Å². The number of aryl methyl sites for hydroxylation is 1. The third-order valence-corrected chi connectivity index (χ3v) is 5.02. The van der Waals surface area contributed by atoms with Crippen LogP contribution in [0.4, 0.5) is 0 Å². The minimum absolute atomic E-state index is 0.347. The van der Waals surface area contributed by atoms with Gasteiger partial charge in [0.25, 0.3) is 0 Å². The summed E-state index contributed by atoms with van der Waals surface area (Å²) in [4.78, 5) is 0. The maximum absolute atomic E-state index is 3.58. The number of hydrogen-bond donors (Lipinski definition) is 1. The monoisotopic (exact) mass is 279 g/mol. The Balaban J connectivity index is 1.79. The fraction of sp³-hybridized carbons (Fsp3) is 0.400. The van der Waals surface area contributed by atoms with E-state index in [0.717, 1.165) is 12.8 Å². The number of rotatable bonds is 6. The summed E-state index contributed by atoms with van der Waals surface area (Å²) in [5.74, 6) is 0. The van der Waals surface area contributed by atoms with Gasteiger partial charge in [0.2, 0.25) is 0 Å². The average molecular weight is 279 g/mol. The molecule has 1 nitrogen and oxygen atoms in total. The minimum atomic E-state index is 0.347. The van der Waals surface area contributed by atoms with Gasteiger partial charge in [0.1, 0.15) is 0 Å². The van der Waals surface area contributed by atoms with Gasteiger partial charge in [-0.3, -0.25) is 0 Å². The molecular formula is C20H25N. The first-order chi connectivity index (χ1) is 10.3. The van der Waals surface area contributed by atoms with E-state index in [4.69, 9.17) is 0 Å². The van der Waals surface area contributed by atoms with Crippen LogP contribution in [-0.2, 0) is 18.3 Å². The molecule has 3 rings (SSSR count). The summed E-state index contributed by atoms with van der Waals surface area (Å²) in [6.45, 7) is 2.21. The van der Waals surface area contributed by atoms with Crippen molar-refractivity contribution in [3.63, 3.8) is 0 Å². The second-order valence-electron chi connectivity index (χ2n) is 6.24. The topological polar surface area (TPSA) is 12.0 Å². The zero-order valence-corrected chi connectivity index (χ0v) is 13.1. The predicted octanol–water partition coefficient (Wildman–Crippen LogP) is 4.11. The van der Waals surface area contributed by atoms with E-state index in [-0.39, 0.29) is 0 Å². The summed E-state index contributed by atoms with van der Waals surface area (Å²) >= 11 is 0. The Bertz CT molecular complexity index is 567. The van der Waals surface area contributed by atoms with Crippen molar-refractivity contribution in [2.45, 2.75) is 44.1 Å². The van der Waals surface area contributed by atoms with Crippen molar-refractivity contribution in [3.8, 4) is 0 Å². The average Bonchev–Trinajstić information content (AvgIpc) is 3.36. The Morgan fingerprint density at radius 2 is 1.57 bits per heavy atom. The smallest absolute Gasteiger partial charge is 0.0201 e. The largest absolute Gasteiger partial charge is 0.316 e. The van der Waals surface area contributed by atoms with E-state index >= 15 is 0 Å². The number of hydrogen-bond acceptors (Lipinski definition) is 1. The molecule has 0 saturated heterocycles. The van der Waals surface area contributed by atoms with E-state index in [9.17, 15) is 0 Å². The van der Waals surface area contributed by atoms with E-state index in [1.165, 1.54) is 29.5 Å². The number of likely N-dealkylation sites (N-methyl/N-ethyl adjacent to an activating group) is 1. The van der Waals surface area contributed by atoms with Crippen LogP contribution in [0.3, 0.4) is 0 Å². The standard InChI is InChI=1S/C20H25N/c1-3-16-9-11-17(12-10-16)15-19(21-2)20(13-14-20)18-7-5-4-6-8-18/h4-12,19,21H,3,13-15H2,1-2H3. The highest BCUT2D eigenvalue weighted by Gasteiger charge is 2.49. The van der Waals surface area contributed by atoms with Crippen molar-refractivity contribution in [2.75, 3.05) is 7.05 Å². The molecule has 0 radical (unpaired) electrons. The van der Waals surface area contributed by atoms with Gasteiger partial charge in [0, 0.05) is 11.5 Å². The van der Waals surface area contributed by atoms with Gasteiger partial charge in [0.05, 0.1) is 0 Å². The molecule has 1 unspecified atom stereocenters. The first-order valence-electron chi connectivity index (χ1n) is 8.09. The first-order valence-corrected chi connectivity index (χ1v) is 8.09. The lowest BCUT2D eigenvalue weighted by Crippen LogP contribution is -2.39. The quantitative estimate of drug-likeness (QED) is 0.839. The summed E-state index contributed by atoms with van der Waals surface area (Å²) in [6, 6.07) is 20.7. The molecule has 2 aromatic carbocycles. The molecule has 0 aliphatic heterocycles. The van der Waals surface area contributed by atoms with Crippen molar-refractivity contribution < 1.29 is 0 Å². The molecule has 1 aliphatic rings. The highest BCUT2D eigenvalue weighted by Crippen LogP contribution is 2.51. The van der Waals surface area contributed by atoms with Crippen molar-refractivity contribution >= 4 is 0 Å². The molecule has 1 saturated carbocycles. The highest BCUT2D eigenvalue weighted by atomic mass is 14.9. The van der Waals surface area contributed by atoms with Crippen molar-refractivity contribution in [1.82, 2.24) is 5.32 Å². The van der Waals surface area contributed by atoms with Gasteiger partial charge in [-0.15, -0.1) is 0 Å². The van der Waals surface area contributed by atoms with Crippen LogP contribution in [0.5, 0.6) is 0 Å². The molecule has 110 valence electrons. The van der Waals surface area contributed by atoms with E-state index < -0.39 is 0 Å². The molecule has 0 amide bonds. The molecule has 1 N–H and O–H groups in total. The van der Waals surface area contributed by atoms with E-state index in [2.05, 4.69) is 73.9 Å². The fourth-order valence-corrected chi connectivity index (χ4v) is 3.46. The van der Waals surface area contributed by atoms with E-state index in [1.807, 2.05) is 0 Å². The minimum Gasteiger partial charge on any atom is -0.316 e. The predicted molar refractivity (Wildman–Crippen MR) is 89.7 cm³/mol. The Morgan fingerprint density at radius 3 is 2.10 bits per heavy atom. The van der Waals surface area contributed by atoms with E-state index in [1.54, 1.807) is 0 Å². The third kappa shape index (κ3) is 2.89. The van der Waals surface area contributed by atoms with Gasteiger partial charge >= 0.3 is 0 Å². The Hall–Kier alpha value is -1.60. The van der Waals surface area contributed by atoms with Gasteiger partial charge in [-0.05, 0) is 49.4 Å². The van der Waals surface area contributed by atoms with Crippen LogP contribution in [0.1, 0.15) is 36.5 Å². The molecule has 0 bridgehead atoms.